The smallest absolute Gasteiger partial charge is 0.239 e. The van der Waals surface area contributed by atoms with E-state index < -0.39 is 0 Å². The van der Waals surface area contributed by atoms with Gasteiger partial charge in [-0.1, -0.05) is 60.3 Å². The maximum absolute atomic E-state index is 12.5. The van der Waals surface area contributed by atoms with Crippen molar-refractivity contribution in [3.63, 3.8) is 0 Å². The molecule has 1 aliphatic heterocycles. The molecule has 1 atom stereocenters. The van der Waals surface area contributed by atoms with E-state index in [0.717, 1.165) is 11.3 Å². The third-order valence-corrected chi connectivity index (χ3v) is 6.09. The first kappa shape index (κ1) is 18.7. The van der Waals surface area contributed by atoms with Crippen LogP contribution in [-0.4, -0.2) is 42.6 Å². The molecule has 0 fully saturated rings. The van der Waals surface area contributed by atoms with Crippen molar-refractivity contribution in [2.45, 2.75) is 30.7 Å². The minimum absolute atomic E-state index is 0.0965. The molecule has 1 N–H and O–H groups in total. The third kappa shape index (κ3) is 4.53. The molecule has 0 saturated heterocycles. The lowest BCUT2D eigenvalue weighted by Crippen LogP contribution is -2.37. The first-order valence-electron chi connectivity index (χ1n) is 8.22. The van der Waals surface area contributed by atoms with Gasteiger partial charge < -0.3 is 9.88 Å². The number of benzene rings is 1. The van der Waals surface area contributed by atoms with Crippen molar-refractivity contribution in [1.29, 1.82) is 0 Å². The van der Waals surface area contributed by atoms with Crippen LogP contribution in [0.15, 0.2) is 46.0 Å². The van der Waals surface area contributed by atoms with Crippen LogP contribution in [0.5, 0.6) is 0 Å². The van der Waals surface area contributed by atoms with E-state index in [-0.39, 0.29) is 11.2 Å². The number of hydrogen-bond acceptors (Lipinski definition) is 7. The van der Waals surface area contributed by atoms with Crippen molar-refractivity contribution in [1.82, 2.24) is 20.1 Å². The van der Waals surface area contributed by atoms with Crippen LogP contribution in [0.25, 0.3) is 0 Å². The first-order chi connectivity index (χ1) is 12.6. The van der Waals surface area contributed by atoms with Crippen LogP contribution in [0.3, 0.4) is 0 Å². The normalized spacial score (nSPS) is 15.2. The lowest BCUT2D eigenvalue weighted by atomic mass is 10.1. The second-order valence-electron chi connectivity index (χ2n) is 5.83. The Bertz CT molecular complexity index is 843. The number of thioether (sulfide) groups is 2. The van der Waals surface area contributed by atoms with Crippen LogP contribution < -0.4 is 5.32 Å². The van der Waals surface area contributed by atoms with Crippen molar-refractivity contribution in [3.8, 4) is 0 Å². The van der Waals surface area contributed by atoms with Gasteiger partial charge in [-0.05, 0) is 18.9 Å². The van der Waals surface area contributed by atoms with E-state index in [0.29, 0.717) is 22.5 Å². The zero-order chi connectivity index (χ0) is 18.5. The Hall–Kier alpha value is -2.13. The zero-order valence-electron chi connectivity index (χ0n) is 14.8. The highest BCUT2D eigenvalue weighted by Crippen LogP contribution is 2.23. The Labute approximate surface area is 160 Å². The third-order valence-electron chi connectivity index (χ3n) is 3.80. The molecule has 0 radical (unpaired) electrons. The second-order valence-corrected chi connectivity index (χ2v) is 7.97. The number of carbonyl (C=O) groups excluding carboxylic acids is 1. The van der Waals surface area contributed by atoms with E-state index in [9.17, 15) is 4.79 Å². The van der Waals surface area contributed by atoms with E-state index in [1.54, 1.807) is 10.9 Å². The van der Waals surface area contributed by atoms with Gasteiger partial charge in [0.25, 0.3) is 0 Å². The summed E-state index contributed by atoms with van der Waals surface area (Å²) in [5.41, 5.74) is 3.18. The van der Waals surface area contributed by atoms with Gasteiger partial charge in [-0.3, -0.25) is 4.79 Å². The molecule has 9 heteroatoms. The van der Waals surface area contributed by atoms with Gasteiger partial charge >= 0.3 is 0 Å². The summed E-state index contributed by atoms with van der Waals surface area (Å²) in [7, 11) is 1.86. The number of nitrogens with zero attached hydrogens (tertiary/aromatic N) is 5. The zero-order valence-corrected chi connectivity index (χ0v) is 16.5. The van der Waals surface area contributed by atoms with E-state index in [2.05, 4.69) is 44.8 Å². The maximum atomic E-state index is 12.5. The highest BCUT2D eigenvalue weighted by Gasteiger charge is 2.23. The summed E-state index contributed by atoms with van der Waals surface area (Å²) in [6.07, 6.45) is 2.30. The molecule has 0 aliphatic carbocycles. The molecule has 2 aromatic rings. The molecule has 0 saturated carbocycles. The molecule has 7 nitrogen and oxygen atoms in total. The number of rotatable bonds is 5. The molecule has 1 aromatic heterocycles. The van der Waals surface area contributed by atoms with Gasteiger partial charge in [0.1, 0.15) is 6.33 Å². The summed E-state index contributed by atoms with van der Waals surface area (Å²) < 4.78 is 1.80. The summed E-state index contributed by atoms with van der Waals surface area (Å²) in [6, 6.07) is 8.19. The molecule has 136 valence electrons. The summed E-state index contributed by atoms with van der Waals surface area (Å²) in [5.74, 6) is 0.579. The molecular formula is C17H20N6OS2. The molecule has 26 heavy (non-hydrogen) atoms. The van der Waals surface area contributed by atoms with Crippen LogP contribution in [0, 0.1) is 6.92 Å². The standard InChI is InChI=1S/C17H20N6OS2/c1-4-14(26-17-22-18-10-23(17)3)15(24)19-16-21-20-13(9-25-16)12-7-5-11(2)6-8-12/h5-8,10,14H,4,9H2,1-3H3,(H,19,21,24). The lowest BCUT2D eigenvalue weighted by molar-refractivity contribution is -0.119. The Balaban J connectivity index is 1.63. The number of nitrogens with one attached hydrogen (secondary N) is 1. The van der Waals surface area contributed by atoms with Gasteiger partial charge in [-0.15, -0.1) is 15.3 Å². The molecule has 1 unspecified atom stereocenters. The number of amides is 1. The highest BCUT2D eigenvalue weighted by molar-refractivity contribution is 8.14. The van der Waals surface area contributed by atoms with Crippen molar-refractivity contribution in [2.75, 3.05) is 5.75 Å². The van der Waals surface area contributed by atoms with Crippen LogP contribution in [-0.2, 0) is 11.8 Å². The second kappa shape index (κ2) is 8.50. The monoisotopic (exact) mass is 388 g/mol. The minimum Gasteiger partial charge on any atom is -0.312 e. The topological polar surface area (TPSA) is 84.5 Å². The number of aryl methyl sites for hydroxylation is 2. The van der Waals surface area contributed by atoms with Gasteiger partial charge in [-0.2, -0.15) is 5.10 Å². The Morgan fingerprint density at radius 3 is 2.69 bits per heavy atom. The van der Waals surface area contributed by atoms with E-state index >= 15 is 0 Å². The van der Waals surface area contributed by atoms with Gasteiger partial charge in [-0.25, -0.2) is 0 Å². The summed E-state index contributed by atoms with van der Waals surface area (Å²) in [5, 5.41) is 20.2. The van der Waals surface area contributed by atoms with Gasteiger partial charge in [0.15, 0.2) is 10.3 Å². The summed E-state index contributed by atoms with van der Waals surface area (Å²) >= 11 is 2.88. The van der Waals surface area contributed by atoms with Crippen LogP contribution in [0.1, 0.15) is 24.5 Å². The van der Waals surface area contributed by atoms with E-state index in [4.69, 9.17) is 0 Å². The number of carbonyl (C=O) groups is 1. The van der Waals surface area contributed by atoms with E-state index in [1.807, 2.05) is 26.1 Å². The van der Waals surface area contributed by atoms with Gasteiger partial charge in [0.2, 0.25) is 5.91 Å². The first-order valence-corrected chi connectivity index (χ1v) is 10.1. The minimum atomic E-state index is -0.260. The van der Waals surface area contributed by atoms with Crippen molar-refractivity contribution >= 4 is 40.3 Å². The van der Waals surface area contributed by atoms with Gasteiger partial charge in [0.05, 0.1) is 11.0 Å². The number of hydrogen-bond donors (Lipinski definition) is 1. The molecule has 1 amide bonds. The Morgan fingerprint density at radius 1 is 1.35 bits per heavy atom. The number of aromatic nitrogens is 3. The summed E-state index contributed by atoms with van der Waals surface area (Å²) in [4.78, 5) is 12.5. The van der Waals surface area contributed by atoms with Gasteiger partial charge in [0, 0.05) is 12.8 Å². The van der Waals surface area contributed by atoms with Crippen molar-refractivity contribution in [3.05, 3.63) is 41.7 Å². The largest absolute Gasteiger partial charge is 0.312 e. The van der Waals surface area contributed by atoms with Crippen molar-refractivity contribution in [2.24, 2.45) is 17.3 Å². The maximum Gasteiger partial charge on any atom is 0.239 e. The molecule has 1 aliphatic rings. The Morgan fingerprint density at radius 2 is 2.12 bits per heavy atom. The molecule has 0 spiro atoms. The average Bonchev–Trinajstić information content (AvgIpc) is 3.05. The average molecular weight is 389 g/mol. The quantitative estimate of drug-likeness (QED) is 0.796. The highest BCUT2D eigenvalue weighted by atomic mass is 32.2. The fourth-order valence-corrected chi connectivity index (χ4v) is 3.93. The fourth-order valence-electron chi connectivity index (χ4n) is 2.26. The van der Waals surface area contributed by atoms with Crippen molar-refractivity contribution < 1.29 is 4.79 Å². The fraction of sp³-hybridized carbons (Fsp3) is 0.353. The predicted octanol–water partition coefficient (Wildman–Crippen LogP) is 2.62. The predicted molar refractivity (Wildman–Crippen MR) is 107 cm³/mol. The van der Waals surface area contributed by atoms with Crippen LogP contribution in [0.4, 0.5) is 0 Å². The SMILES string of the molecule is CCC(Sc1nncn1C)C(=O)NC1=NN=C(c2ccc(C)cc2)CS1. The van der Waals surface area contributed by atoms with E-state index in [1.165, 1.54) is 29.1 Å². The molecule has 3 rings (SSSR count). The lowest BCUT2D eigenvalue weighted by Gasteiger charge is -2.16. The van der Waals surface area contributed by atoms with Crippen LogP contribution >= 0.6 is 23.5 Å². The Kier molecular flexibility index (Phi) is 6.10. The summed E-state index contributed by atoms with van der Waals surface area (Å²) in [6.45, 7) is 4.02. The number of amidine groups is 1. The molecule has 0 bridgehead atoms. The molecular weight excluding hydrogens is 368 g/mol. The van der Waals surface area contributed by atoms with Crippen LogP contribution in [0.2, 0.25) is 0 Å². The molecule has 2 heterocycles. The molecule has 1 aromatic carbocycles.